The molecule has 0 saturated carbocycles. The maximum atomic E-state index is 13.3. The second-order valence-corrected chi connectivity index (χ2v) is 30.1. The third-order valence-electron chi connectivity index (χ3n) is 9.18. The van der Waals surface area contributed by atoms with Crippen molar-refractivity contribution < 1.29 is 13.5 Å². The summed E-state index contributed by atoms with van der Waals surface area (Å²) in [4.78, 5) is 0.302. The molecule has 0 unspecified atom stereocenters. The zero-order valence-corrected chi connectivity index (χ0v) is 33.1. The molecule has 0 aliphatic carbocycles. The summed E-state index contributed by atoms with van der Waals surface area (Å²) in [5, 5.41) is 12.0. The van der Waals surface area contributed by atoms with Crippen molar-refractivity contribution in [2.45, 2.75) is 102 Å². The van der Waals surface area contributed by atoms with E-state index in [1.807, 2.05) is 19.1 Å². The van der Waals surface area contributed by atoms with Gasteiger partial charge in [0, 0.05) is 0 Å². The minimum atomic E-state index is -3.63. The fourth-order valence-corrected chi connectivity index (χ4v) is 27.8. The third kappa shape index (κ3) is 9.17. The molecule has 1 saturated heterocycles. The first-order valence-electron chi connectivity index (χ1n) is 17.0. The van der Waals surface area contributed by atoms with Gasteiger partial charge in [-0.15, -0.1) is 0 Å². The van der Waals surface area contributed by atoms with Gasteiger partial charge in [0.1, 0.15) is 0 Å². The molecular formula is C36H54N2O3S3Sn. The van der Waals surface area contributed by atoms with Crippen LogP contribution in [0, 0.1) is 6.92 Å². The molecule has 9 heteroatoms. The standard InChI is InChI=1S/C24H27N2O3S3.3C4H9.Sn/c1-18-9-11-19(12-10-18)32(28,29)25-13-14-26-21-7-3-2-6-20(21)23(22(26)8-4-15-27)24-30-16-5-17-31-24;3*1-3-4-2;/h2-4,6-7,9-12,24-25,27H,5,13-17H2,1H3;3*1,3-4H2,2H3;. The zero-order valence-electron chi connectivity index (χ0n) is 27.8. The van der Waals surface area contributed by atoms with Gasteiger partial charge in [0.15, 0.2) is 0 Å². The number of aromatic nitrogens is 1. The number of aryl methyl sites for hydroxylation is 1. The third-order valence-corrected chi connectivity index (χ3v) is 29.3. The van der Waals surface area contributed by atoms with Crippen LogP contribution in [0.5, 0.6) is 0 Å². The fraction of sp³-hybridized carbons (Fsp3) is 0.556. The van der Waals surface area contributed by atoms with Gasteiger partial charge in [-0.05, 0) is 0 Å². The van der Waals surface area contributed by atoms with Crippen LogP contribution in [0.4, 0.5) is 0 Å². The summed E-state index contributed by atoms with van der Waals surface area (Å²) in [5.74, 6) is 2.31. The van der Waals surface area contributed by atoms with Crippen LogP contribution < -0.4 is 4.72 Å². The van der Waals surface area contributed by atoms with Gasteiger partial charge in [-0.1, -0.05) is 0 Å². The number of unbranched alkanes of at least 4 members (excludes halogenated alkanes) is 3. The van der Waals surface area contributed by atoms with Gasteiger partial charge in [0.05, 0.1) is 0 Å². The molecule has 2 aromatic carbocycles. The molecule has 1 aromatic heterocycles. The quantitative estimate of drug-likeness (QED) is 0.126. The molecule has 1 fully saturated rings. The van der Waals surface area contributed by atoms with Gasteiger partial charge in [-0.25, -0.2) is 0 Å². The minimum absolute atomic E-state index is 0.0460. The van der Waals surface area contributed by atoms with E-state index in [4.69, 9.17) is 0 Å². The van der Waals surface area contributed by atoms with E-state index >= 15 is 0 Å². The molecule has 0 atom stereocenters. The van der Waals surface area contributed by atoms with Crippen LogP contribution in [-0.2, 0) is 16.6 Å². The summed E-state index contributed by atoms with van der Waals surface area (Å²) in [6.07, 6.45) is 10.7. The number of aliphatic hydroxyl groups is 1. The normalized spacial score (nSPS) is 15.3. The van der Waals surface area contributed by atoms with Gasteiger partial charge in [0.25, 0.3) is 0 Å². The van der Waals surface area contributed by atoms with E-state index in [9.17, 15) is 13.5 Å². The Labute approximate surface area is 285 Å². The number of fused-ring (bicyclic) bond motifs is 1. The van der Waals surface area contributed by atoms with E-state index in [2.05, 4.69) is 83.9 Å². The van der Waals surface area contributed by atoms with E-state index in [1.165, 1.54) is 84.0 Å². The molecule has 2 N–H and O–H groups in total. The van der Waals surface area contributed by atoms with Crippen LogP contribution in [0.15, 0.2) is 59.5 Å². The van der Waals surface area contributed by atoms with Gasteiger partial charge in [0.2, 0.25) is 0 Å². The maximum absolute atomic E-state index is 13.3. The number of nitrogens with zero attached hydrogens (tertiary/aromatic N) is 1. The van der Waals surface area contributed by atoms with E-state index in [-0.39, 0.29) is 6.61 Å². The van der Waals surface area contributed by atoms with Crippen LogP contribution in [-0.4, -0.2) is 61.1 Å². The number of hydrogen-bond donors (Lipinski definition) is 2. The Balaban J connectivity index is 1.89. The van der Waals surface area contributed by atoms with Crippen LogP contribution in [0.25, 0.3) is 14.5 Å². The molecule has 0 amide bonds. The Morgan fingerprint density at radius 3 is 2.13 bits per heavy atom. The molecule has 1 aliphatic heterocycles. The molecule has 45 heavy (non-hydrogen) atoms. The number of hydrogen-bond acceptors (Lipinski definition) is 5. The van der Waals surface area contributed by atoms with Crippen LogP contribution in [0.2, 0.25) is 13.3 Å². The topological polar surface area (TPSA) is 71.3 Å². The van der Waals surface area contributed by atoms with E-state index in [0.717, 1.165) is 17.1 Å². The Kier molecular flexibility index (Phi) is 14.8. The zero-order chi connectivity index (χ0) is 32.3. The van der Waals surface area contributed by atoms with Crippen molar-refractivity contribution in [3.63, 3.8) is 0 Å². The molecule has 0 radical (unpaired) electrons. The molecule has 248 valence electrons. The van der Waals surface area contributed by atoms with Crippen LogP contribution >= 0.6 is 23.5 Å². The molecule has 4 rings (SSSR count). The van der Waals surface area contributed by atoms with Gasteiger partial charge >= 0.3 is 287 Å². The van der Waals surface area contributed by atoms with Gasteiger partial charge < -0.3 is 0 Å². The molecule has 1 aliphatic rings. The van der Waals surface area contributed by atoms with Gasteiger partial charge in [-0.2, -0.15) is 0 Å². The summed E-state index contributed by atoms with van der Waals surface area (Å²) >= 11 is 1.04. The Morgan fingerprint density at radius 2 is 1.56 bits per heavy atom. The van der Waals surface area contributed by atoms with E-state index in [0.29, 0.717) is 22.6 Å². The average Bonchev–Trinajstić information content (AvgIpc) is 3.37. The summed E-state index contributed by atoms with van der Waals surface area (Å²) in [6.45, 7) is 9.79. The average molecular weight is 778 g/mol. The molecule has 5 nitrogen and oxygen atoms in total. The van der Waals surface area contributed by atoms with Crippen LogP contribution in [0.1, 0.15) is 87.1 Å². The number of sulfonamides is 1. The van der Waals surface area contributed by atoms with Crippen LogP contribution in [0.3, 0.4) is 0 Å². The summed E-state index contributed by atoms with van der Waals surface area (Å²) in [7, 11) is -3.63. The van der Waals surface area contributed by atoms with Gasteiger partial charge in [-0.3, -0.25) is 0 Å². The Morgan fingerprint density at radius 1 is 0.956 bits per heavy atom. The predicted octanol–water partition coefficient (Wildman–Crippen LogP) is 9.56. The number of benzene rings is 2. The monoisotopic (exact) mass is 778 g/mol. The van der Waals surface area contributed by atoms with Crippen molar-refractivity contribution in [2.75, 3.05) is 24.7 Å². The number of para-hydroxylation sites is 1. The second-order valence-electron chi connectivity index (χ2n) is 12.5. The Bertz CT molecular complexity index is 1470. The summed E-state index contributed by atoms with van der Waals surface area (Å²) in [5.41, 5.74) is 4.93. The Hall–Kier alpha value is -0.911. The summed E-state index contributed by atoms with van der Waals surface area (Å²) in [6, 6.07) is 15.8. The molecule has 0 spiro atoms. The number of rotatable bonds is 18. The van der Waals surface area contributed by atoms with Crippen molar-refractivity contribution in [2.24, 2.45) is 0 Å². The number of nitrogens with one attached hydrogen (secondary N) is 1. The van der Waals surface area contributed by atoms with E-state index in [1.54, 1.807) is 12.1 Å². The molecular weight excluding hydrogens is 723 g/mol. The van der Waals surface area contributed by atoms with Crippen molar-refractivity contribution in [1.82, 2.24) is 9.29 Å². The van der Waals surface area contributed by atoms with Crippen molar-refractivity contribution >= 4 is 66.4 Å². The van der Waals surface area contributed by atoms with Crippen molar-refractivity contribution in [3.05, 3.63) is 71.4 Å². The number of aliphatic hydroxyl groups excluding tert-OH is 1. The molecule has 0 bridgehead atoms. The van der Waals surface area contributed by atoms with Crippen molar-refractivity contribution in [3.8, 4) is 0 Å². The predicted molar refractivity (Wildman–Crippen MR) is 201 cm³/mol. The number of thioether (sulfide) groups is 2. The fourth-order valence-electron chi connectivity index (χ4n) is 6.82. The van der Waals surface area contributed by atoms with E-state index < -0.39 is 28.4 Å². The first-order chi connectivity index (χ1) is 21.8. The van der Waals surface area contributed by atoms with Crippen molar-refractivity contribution in [1.29, 1.82) is 0 Å². The summed E-state index contributed by atoms with van der Waals surface area (Å²) < 4.78 is 37.8. The molecule has 3 aromatic rings. The first kappa shape index (κ1) is 36.9. The first-order valence-corrected chi connectivity index (χ1v) is 28.1. The SMILES string of the molecule is CCC[CH2][Sn]([CH2]CCC)([CH2]CCC)/[C](=C/CO)c1c(C2SCCCS2)c2ccccc2n1CCNS(=O)(=O)c1ccc(C)cc1. The second kappa shape index (κ2) is 18.0. The molecule has 2 heterocycles.